The Morgan fingerprint density at radius 1 is 1.09 bits per heavy atom. The van der Waals surface area contributed by atoms with Crippen LogP contribution in [0.5, 0.6) is 5.75 Å². The highest BCUT2D eigenvalue weighted by Crippen LogP contribution is 2.39. The lowest BCUT2D eigenvalue weighted by Crippen LogP contribution is -2.41. The molecule has 0 unspecified atom stereocenters. The molecule has 116 valence electrons. The van der Waals surface area contributed by atoms with Gasteiger partial charge in [0.2, 0.25) is 0 Å². The standard InChI is InChI=1S/C17H22BNO3/c1-12(18-21-16(2,3)17(4,5)22-18)15(11-19)13-7-9-14(20-6)10-8-13/h7-10H,1-6H3/b15-12+. The minimum Gasteiger partial charge on any atom is -0.497 e. The number of nitrogens with zero attached hydrogens (tertiary/aromatic N) is 1. The monoisotopic (exact) mass is 299 g/mol. The number of methoxy groups -OCH3 is 1. The van der Waals surface area contributed by atoms with E-state index in [0.29, 0.717) is 5.57 Å². The second-order valence-corrected chi connectivity index (χ2v) is 6.49. The highest BCUT2D eigenvalue weighted by molar-refractivity contribution is 6.56. The summed E-state index contributed by atoms with van der Waals surface area (Å²) in [5.74, 6) is 0.759. The van der Waals surface area contributed by atoms with Crippen LogP contribution in [0, 0.1) is 11.3 Å². The smallest absolute Gasteiger partial charge is 0.491 e. The van der Waals surface area contributed by atoms with E-state index in [4.69, 9.17) is 14.0 Å². The quantitative estimate of drug-likeness (QED) is 0.632. The Balaban J connectivity index is 2.36. The van der Waals surface area contributed by atoms with Crippen LogP contribution in [0.1, 0.15) is 40.2 Å². The van der Waals surface area contributed by atoms with Crippen molar-refractivity contribution in [3.05, 3.63) is 35.3 Å². The van der Waals surface area contributed by atoms with Crippen LogP contribution in [0.2, 0.25) is 0 Å². The van der Waals surface area contributed by atoms with Crippen molar-refractivity contribution in [1.82, 2.24) is 0 Å². The zero-order valence-corrected chi connectivity index (χ0v) is 14.1. The zero-order valence-electron chi connectivity index (χ0n) is 14.1. The van der Waals surface area contributed by atoms with E-state index in [1.165, 1.54) is 0 Å². The summed E-state index contributed by atoms with van der Waals surface area (Å²) in [6.45, 7) is 9.88. The molecular formula is C17H22BNO3. The van der Waals surface area contributed by atoms with E-state index in [1.807, 2.05) is 58.9 Å². The summed E-state index contributed by atoms with van der Waals surface area (Å²) in [6, 6.07) is 9.68. The van der Waals surface area contributed by atoms with Gasteiger partial charge in [0, 0.05) is 0 Å². The van der Waals surface area contributed by atoms with Gasteiger partial charge in [-0.25, -0.2) is 0 Å². The minimum atomic E-state index is -0.512. The van der Waals surface area contributed by atoms with Gasteiger partial charge in [-0.05, 0) is 57.8 Å². The van der Waals surface area contributed by atoms with Crippen molar-refractivity contribution in [2.75, 3.05) is 7.11 Å². The molecule has 22 heavy (non-hydrogen) atoms. The van der Waals surface area contributed by atoms with Gasteiger partial charge in [0.1, 0.15) is 5.75 Å². The number of rotatable bonds is 3. The van der Waals surface area contributed by atoms with E-state index >= 15 is 0 Å². The molecule has 4 nitrogen and oxygen atoms in total. The lowest BCUT2D eigenvalue weighted by molar-refractivity contribution is 0.00578. The van der Waals surface area contributed by atoms with Crippen molar-refractivity contribution in [3.63, 3.8) is 0 Å². The highest BCUT2D eigenvalue weighted by Gasteiger charge is 2.52. The average molecular weight is 299 g/mol. The molecule has 1 aromatic rings. The van der Waals surface area contributed by atoms with E-state index in [2.05, 4.69) is 6.07 Å². The fourth-order valence-electron chi connectivity index (χ4n) is 2.28. The second kappa shape index (κ2) is 5.79. The van der Waals surface area contributed by atoms with Gasteiger partial charge < -0.3 is 14.0 Å². The number of benzene rings is 1. The summed E-state index contributed by atoms with van der Waals surface area (Å²) in [6.07, 6.45) is 0. The normalized spacial score (nSPS) is 20.3. The number of ether oxygens (including phenoxy) is 1. The Labute approximate surface area is 132 Å². The van der Waals surface area contributed by atoms with E-state index < -0.39 is 18.3 Å². The predicted molar refractivity (Wildman–Crippen MR) is 87.3 cm³/mol. The van der Waals surface area contributed by atoms with Crippen LogP contribution in [0.3, 0.4) is 0 Å². The fourth-order valence-corrected chi connectivity index (χ4v) is 2.28. The van der Waals surface area contributed by atoms with Gasteiger partial charge in [-0.15, -0.1) is 0 Å². The lowest BCUT2D eigenvalue weighted by atomic mass is 9.75. The fraction of sp³-hybridized carbons (Fsp3) is 0.471. The van der Waals surface area contributed by atoms with Crippen LogP contribution in [0.4, 0.5) is 0 Å². The molecule has 1 fully saturated rings. The lowest BCUT2D eigenvalue weighted by Gasteiger charge is -2.32. The maximum atomic E-state index is 9.55. The predicted octanol–water partition coefficient (Wildman–Crippen LogP) is 3.62. The van der Waals surface area contributed by atoms with Gasteiger partial charge in [-0.1, -0.05) is 12.1 Å². The van der Waals surface area contributed by atoms with Crippen LogP contribution in [-0.2, 0) is 9.31 Å². The first kappa shape index (κ1) is 16.6. The van der Waals surface area contributed by atoms with Crippen molar-refractivity contribution in [2.45, 2.75) is 45.8 Å². The van der Waals surface area contributed by atoms with Gasteiger partial charge in [0.15, 0.2) is 0 Å². The first-order valence-corrected chi connectivity index (χ1v) is 7.33. The number of hydrogen-bond acceptors (Lipinski definition) is 4. The number of nitriles is 1. The topological polar surface area (TPSA) is 51.5 Å². The SMILES string of the molecule is COc1ccc(/C(C#N)=C(\C)B2OC(C)(C)C(C)(C)O2)cc1. The van der Waals surface area contributed by atoms with Gasteiger partial charge in [0.05, 0.1) is 30.0 Å². The Hall–Kier alpha value is -1.77. The molecule has 0 aromatic heterocycles. The van der Waals surface area contributed by atoms with Crippen LogP contribution < -0.4 is 4.74 Å². The molecule has 0 amide bonds. The third kappa shape index (κ3) is 2.90. The Morgan fingerprint density at radius 2 is 1.59 bits per heavy atom. The molecular weight excluding hydrogens is 277 g/mol. The average Bonchev–Trinajstić information content (AvgIpc) is 2.69. The molecule has 5 heteroatoms. The Morgan fingerprint density at radius 3 is 2.00 bits per heavy atom. The van der Waals surface area contributed by atoms with Crippen LogP contribution in [0.15, 0.2) is 29.7 Å². The zero-order chi connectivity index (χ0) is 16.5. The summed E-state index contributed by atoms with van der Waals surface area (Å²) in [5, 5.41) is 9.55. The molecule has 0 bridgehead atoms. The molecule has 0 aliphatic carbocycles. The van der Waals surface area contributed by atoms with E-state index in [0.717, 1.165) is 16.8 Å². The molecule has 1 aliphatic heterocycles. The molecule has 0 saturated carbocycles. The number of hydrogen-bond donors (Lipinski definition) is 0. The molecule has 1 heterocycles. The first-order valence-electron chi connectivity index (χ1n) is 7.33. The molecule has 1 aromatic carbocycles. The van der Waals surface area contributed by atoms with Crippen molar-refractivity contribution in [2.24, 2.45) is 0 Å². The van der Waals surface area contributed by atoms with Crippen molar-refractivity contribution < 1.29 is 14.0 Å². The van der Waals surface area contributed by atoms with Crippen molar-refractivity contribution >= 4 is 12.7 Å². The second-order valence-electron chi connectivity index (χ2n) is 6.49. The van der Waals surface area contributed by atoms with Crippen molar-refractivity contribution in [1.29, 1.82) is 5.26 Å². The largest absolute Gasteiger partial charge is 0.497 e. The van der Waals surface area contributed by atoms with E-state index in [-0.39, 0.29) is 0 Å². The minimum absolute atomic E-state index is 0.417. The van der Waals surface area contributed by atoms with Gasteiger partial charge in [-0.3, -0.25) is 0 Å². The van der Waals surface area contributed by atoms with Gasteiger partial charge in [0.25, 0.3) is 0 Å². The van der Waals surface area contributed by atoms with Crippen LogP contribution in [0.25, 0.3) is 5.57 Å². The van der Waals surface area contributed by atoms with E-state index in [1.54, 1.807) is 7.11 Å². The number of allylic oxidation sites excluding steroid dienone is 2. The highest BCUT2D eigenvalue weighted by atomic mass is 16.7. The summed E-state index contributed by atoms with van der Waals surface area (Å²) in [7, 11) is 1.10. The summed E-state index contributed by atoms with van der Waals surface area (Å²) >= 11 is 0. The summed E-state index contributed by atoms with van der Waals surface area (Å²) < 4.78 is 17.2. The third-order valence-electron chi connectivity index (χ3n) is 4.49. The van der Waals surface area contributed by atoms with Crippen LogP contribution in [-0.4, -0.2) is 25.4 Å². The van der Waals surface area contributed by atoms with Gasteiger partial charge in [-0.2, -0.15) is 5.26 Å². The summed E-state index contributed by atoms with van der Waals surface area (Å²) in [4.78, 5) is 0. The van der Waals surface area contributed by atoms with E-state index in [9.17, 15) is 5.26 Å². The Bertz CT molecular complexity index is 610. The molecule has 1 saturated heterocycles. The molecule has 0 radical (unpaired) electrons. The maximum absolute atomic E-state index is 9.55. The molecule has 0 atom stereocenters. The van der Waals surface area contributed by atoms with Gasteiger partial charge >= 0.3 is 7.12 Å². The molecule has 1 aliphatic rings. The molecule has 0 N–H and O–H groups in total. The first-order chi connectivity index (χ1) is 10.2. The summed E-state index contributed by atoms with van der Waals surface area (Å²) in [5.41, 5.74) is 1.35. The molecule has 0 spiro atoms. The maximum Gasteiger partial charge on any atom is 0.491 e. The van der Waals surface area contributed by atoms with Crippen molar-refractivity contribution in [3.8, 4) is 11.8 Å². The Kier molecular flexibility index (Phi) is 4.37. The van der Waals surface area contributed by atoms with Crippen LogP contribution >= 0.6 is 0 Å². The molecule has 2 rings (SSSR count). The third-order valence-corrected chi connectivity index (χ3v) is 4.49.